The summed E-state index contributed by atoms with van der Waals surface area (Å²) in [5, 5.41) is 0. The van der Waals surface area contributed by atoms with E-state index in [1.54, 1.807) is 11.0 Å². The molecule has 0 spiro atoms. The quantitative estimate of drug-likeness (QED) is 0.840. The fraction of sp³-hybridized carbons (Fsp3) is 0.533. The average Bonchev–Trinajstić information content (AvgIpc) is 2.88. The van der Waals surface area contributed by atoms with Gasteiger partial charge in [-0.3, -0.25) is 4.79 Å². The Kier molecular flexibility index (Phi) is 4.43. The lowest BCUT2D eigenvalue weighted by Crippen LogP contribution is -2.35. The van der Waals surface area contributed by atoms with Crippen LogP contribution in [-0.2, 0) is 0 Å². The highest BCUT2D eigenvalue weighted by atomic mass is 16.2. The number of amides is 1. The summed E-state index contributed by atoms with van der Waals surface area (Å²) in [5.41, 5.74) is 8.11. The van der Waals surface area contributed by atoms with Crippen molar-refractivity contribution in [2.24, 2.45) is 0 Å². The van der Waals surface area contributed by atoms with E-state index in [-0.39, 0.29) is 5.91 Å². The van der Waals surface area contributed by atoms with Crippen LogP contribution in [0.15, 0.2) is 18.2 Å². The van der Waals surface area contributed by atoms with E-state index in [0.29, 0.717) is 5.69 Å². The van der Waals surface area contributed by atoms with Crippen LogP contribution < -0.4 is 5.73 Å². The number of benzene rings is 1. The van der Waals surface area contributed by atoms with Crippen LogP contribution in [0.25, 0.3) is 0 Å². The van der Waals surface area contributed by atoms with Gasteiger partial charge in [-0.2, -0.15) is 0 Å². The van der Waals surface area contributed by atoms with Crippen LogP contribution in [0, 0.1) is 6.92 Å². The van der Waals surface area contributed by atoms with Gasteiger partial charge in [-0.15, -0.1) is 0 Å². The van der Waals surface area contributed by atoms with Crippen LogP contribution >= 0.6 is 0 Å². The Morgan fingerprint density at radius 2 is 2.05 bits per heavy atom. The Bertz CT molecular complexity index is 453. The molecule has 1 aromatic rings. The van der Waals surface area contributed by atoms with Crippen LogP contribution in [-0.4, -0.2) is 48.9 Å². The van der Waals surface area contributed by atoms with E-state index in [1.165, 1.54) is 25.9 Å². The predicted molar refractivity (Wildman–Crippen MR) is 78.2 cm³/mol. The average molecular weight is 261 g/mol. The number of carbonyl (C=O) groups is 1. The maximum absolute atomic E-state index is 12.3. The van der Waals surface area contributed by atoms with Crippen molar-refractivity contribution in [3.8, 4) is 0 Å². The zero-order valence-corrected chi connectivity index (χ0v) is 11.9. The summed E-state index contributed by atoms with van der Waals surface area (Å²) in [6.07, 6.45) is 2.57. The van der Waals surface area contributed by atoms with Gasteiger partial charge < -0.3 is 15.5 Å². The molecule has 1 aliphatic heterocycles. The number of hydrogen-bond acceptors (Lipinski definition) is 3. The Hall–Kier alpha value is -1.55. The number of carbonyl (C=O) groups excluding carboxylic acids is 1. The number of hydrogen-bond donors (Lipinski definition) is 1. The first-order chi connectivity index (χ1) is 9.08. The van der Waals surface area contributed by atoms with Gasteiger partial charge >= 0.3 is 0 Å². The largest absolute Gasteiger partial charge is 0.399 e. The summed E-state index contributed by atoms with van der Waals surface area (Å²) in [5.74, 6) is 0.0803. The standard InChI is InChI=1S/C15H23N3O/c1-12-11-13(16)5-6-14(12)15(19)17(2)9-10-18-7-3-4-8-18/h5-6,11H,3-4,7-10,16H2,1-2H3. The Morgan fingerprint density at radius 1 is 1.37 bits per heavy atom. The van der Waals surface area contributed by atoms with Gasteiger partial charge in [0.25, 0.3) is 5.91 Å². The van der Waals surface area contributed by atoms with E-state index in [4.69, 9.17) is 5.73 Å². The third kappa shape index (κ3) is 3.47. The van der Waals surface area contributed by atoms with Gasteiger partial charge in [0.1, 0.15) is 0 Å². The summed E-state index contributed by atoms with van der Waals surface area (Å²) in [4.78, 5) is 16.6. The van der Waals surface area contributed by atoms with Crippen LogP contribution in [0.3, 0.4) is 0 Å². The molecule has 104 valence electrons. The number of nitrogens with two attached hydrogens (primary N) is 1. The SMILES string of the molecule is Cc1cc(N)ccc1C(=O)N(C)CCN1CCCC1. The number of nitrogens with zero attached hydrogens (tertiary/aromatic N) is 2. The van der Waals surface area contributed by atoms with E-state index in [2.05, 4.69) is 4.90 Å². The minimum Gasteiger partial charge on any atom is -0.399 e. The lowest BCUT2D eigenvalue weighted by molar-refractivity contribution is 0.0781. The number of likely N-dealkylation sites (N-methyl/N-ethyl adjacent to an activating group) is 1. The van der Waals surface area contributed by atoms with Gasteiger partial charge in [0.15, 0.2) is 0 Å². The minimum absolute atomic E-state index is 0.0803. The van der Waals surface area contributed by atoms with Crippen molar-refractivity contribution in [2.75, 3.05) is 39.0 Å². The van der Waals surface area contributed by atoms with Gasteiger partial charge in [-0.05, 0) is 56.6 Å². The second-order valence-electron chi connectivity index (χ2n) is 5.35. The summed E-state index contributed by atoms with van der Waals surface area (Å²) in [7, 11) is 1.87. The molecule has 4 nitrogen and oxygen atoms in total. The van der Waals surface area contributed by atoms with E-state index in [1.807, 2.05) is 26.1 Å². The highest BCUT2D eigenvalue weighted by Gasteiger charge is 2.16. The number of likely N-dealkylation sites (tertiary alicyclic amines) is 1. The van der Waals surface area contributed by atoms with Crippen LogP contribution in [0.1, 0.15) is 28.8 Å². The summed E-state index contributed by atoms with van der Waals surface area (Å²) in [6.45, 7) is 6.02. The van der Waals surface area contributed by atoms with E-state index in [9.17, 15) is 4.79 Å². The van der Waals surface area contributed by atoms with Gasteiger partial charge in [0.2, 0.25) is 0 Å². The first kappa shape index (κ1) is 13.9. The molecule has 0 atom stereocenters. The second kappa shape index (κ2) is 6.06. The fourth-order valence-corrected chi connectivity index (χ4v) is 2.53. The molecule has 2 N–H and O–H groups in total. The van der Waals surface area contributed by atoms with Crippen molar-refractivity contribution in [1.29, 1.82) is 0 Å². The Labute approximate surface area is 115 Å². The number of aryl methyl sites for hydroxylation is 1. The minimum atomic E-state index is 0.0803. The fourth-order valence-electron chi connectivity index (χ4n) is 2.53. The van der Waals surface area contributed by atoms with Crippen molar-refractivity contribution >= 4 is 11.6 Å². The second-order valence-corrected chi connectivity index (χ2v) is 5.35. The summed E-state index contributed by atoms with van der Waals surface area (Å²) < 4.78 is 0. The van der Waals surface area contributed by atoms with Gasteiger partial charge in [-0.1, -0.05) is 0 Å². The molecule has 1 fully saturated rings. The maximum Gasteiger partial charge on any atom is 0.253 e. The lowest BCUT2D eigenvalue weighted by Gasteiger charge is -2.22. The van der Waals surface area contributed by atoms with Crippen molar-refractivity contribution in [1.82, 2.24) is 9.80 Å². The molecule has 0 saturated carbocycles. The molecule has 1 aliphatic rings. The van der Waals surface area contributed by atoms with Crippen molar-refractivity contribution in [3.05, 3.63) is 29.3 Å². The van der Waals surface area contributed by atoms with Crippen molar-refractivity contribution < 1.29 is 4.79 Å². The molecule has 2 rings (SSSR count). The van der Waals surface area contributed by atoms with Crippen LogP contribution in [0.2, 0.25) is 0 Å². The van der Waals surface area contributed by atoms with Gasteiger partial charge in [0.05, 0.1) is 0 Å². The highest BCUT2D eigenvalue weighted by molar-refractivity contribution is 5.95. The summed E-state index contributed by atoms with van der Waals surface area (Å²) in [6, 6.07) is 5.45. The monoisotopic (exact) mass is 261 g/mol. The number of anilines is 1. The Morgan fingerprint density at radius 3 is 2.68 bits per heavy atom. The maximum atomic E-state index is 12.3. The van der Waals surface area contributed by atoms with Crippen LogP contribution in [0.4, 0.5) is 5.69 Å². The molecular weight excluding hydrogens is 238 g/mol. The topological polar surface area (TPSA) is 49.6 Å². The molecule has 1 amide bonds. The lowest BCUT2D eigenvalue weighted by atomic mass is 10.1. The molecule has 1 aromatic carbocycles. The van der Waals surface area contributed by atoms with Crippen LogP contribution in [0.5, 0.6) is 0 Å². The zero-order chi connectivity index (χ0) is 13.8. The van der Waals surface area contributed by atoms with Gasteiger partial charge in [-0.25, -0.2) is 0 Å². The highest BCUT2D eigenvalue weighted by Crippen LogP contribution is 2.14. The predicted octanol–water partition coefficient (Wildman–Crippen LogP) is 1.75. The van der Waals surface area contributed by atoms with Crippen molar-refractivity contribution in [2.45, 2.75) is 19.8 Å². The molecule has 0 unspecified atom stereocenters. The third-order valence-electron chi connectivity index (χ3n) is 3.78. The molecule has 19 heavy (non-hydrogen) atoms. The molecule has 0 bridgehead atoms. The summed E-state index contributed by atoms with van der Waals surface area (Å²) >= 11 is 0. The molecule has 0 aromatic heterocycles. The molecule has 0 aliphatic carbocycles. The number of nitrogen functional groups attached to an aromatic ring is 1. The smallest absolute Gasteiger partial charge is 0.253 e. The Balaban J connectivity index is 1.94. The molecule has 1 heterocycles. The molecular formula is C15H23N3O. The molecule has 0 radical (unpaired) electrons. The molecule has 1 saturated heterocycles. The normalized spacial score (nSPS) is 15.7. The number of rotatable bonds is 4. The first-order valence-electron chi connectivity index (χ1n) is 6.92. The first-order valence-corrected chi connectivity index (χ1v) is 6.92. The van der Waals surface area contributed by atoms with Gasteiger partial charge in [0, 0.05) is 31.4 Å². The van der Waals surface area contributed by atoms with E-state index < -0.39 is 0 Å². The van der Waals surface area contributed by atoms with Crippen molar-refractivity contribution in [3.63, 3.8) is 0 Å². The molecule has 4 heteroatoms. The van der Waals surface area contributed by atoms with E-state index >= 15 is 0 Å². The zero-order valence-electron chi connectivity index (χ0n) is 11.9. The van der Waals surface area contributed by atoms with E-state index in [0.717, 1.165) is 24.2 Å². The third-order valence-corrected chi connectivity index (χ3v) is 3.78.